The van der Waals surface area contributed by atoms with Gasteiger partial charge in [0.1, 0.15) is 6.26 Å². The standard InChI is InChI=1S/C16H21N3O6/c1-22-8-5-17-15(20)12-11-25-14(18-12)10-19(6-9-23-2)16(21)13-4-3-7-24-13/h3-4,7,11H,5-6,8-10H2,1-2H3,(H,17,20). The third-order valence-electron chi connectivity index (χ3n) is 3.29. The predicted molar refractivity (Wildman–Crippen MR) is 86.0 cm³/mol. The summed E-state index contributed by atoms with van der Waals surface area (Å²) < 4.78 is 20.3. The molecule has 0 aliphatic carbocycles. The highest BCUT2D eigenvalue weighted by Gasteiger charge is 2.21. The lowest BCUT2D eigenvalue weighted by Crippen LogP contribution is -2.33. The predicted octanol–water partition coefficient (Wildman–Crippen LogP) is 0.933. The molecular formula is C16H21N3O6. The molecule has 0 bridgehead atoms. The Hall–Kier alpha value is -2.65. The summed E-state index contributed by atoms with van der Waals surface area (Å²) in [4.78, 5) is 29.9. The van der Waals surface area contributed by atoms with E-state index in [1.54, 1.807) is 26.4 Å². The van der Waals surface area contributed by atoms with Crippen LogP contribution in [-0.4, -0.2) is 62.2 Å². The second-order valence-corrected chi connectivity index (χ2v) is 5.07. The molecule has 0 saturated heterocycles. The van der Waals surface area contributed by atoms with Crippen LogP contribution in [0.3, 0.4) is 0 Å². The number of nitrogens with zero attached hydrogens (tertiary/aromatic N) is 2. The first-order chi connectivity index (χ1) is 12.2. The molecule has 0 aliphatic rings. The van der Waals surface area contributed by atoms with Crippen molar-refractivity contribution in [1.29, 1.82) is 0 Å². The molecule has 9 nitrogen and oxygen atoms in total. The number of furan rings is 1. The zero-order chi connectivity index (χ0) is 18.1. The molecule has 1 N–H and O–H groups in total. The smallest absolute Gasteiger partial charge is 0.290 e. The van der Waals surface area contributed by atoms with Crippen LogP contribution in [0.2, 0.25) is 0 Å². The highest BCUT2D eigenvalue weighted by Crippen LogP contribution is 2.11. The van der Waals surface area contributed by atoms with Crippen molar-refractivity contribution in [1.82, 2.24) is 15.2 Å². The van der Waals surface area contributed by atoms with Crippen molar-refractivity contribution in [2.24, 2.45) is 0 Å². The molecule has 2 aromatic heterocycles. The number of hydrogen-bond acceptors (Lipinski definition) is 7. The number of carbonyl (C=O) groups is 2. The van der Waals surface area contributed by atoms with E-state index in [0.717, 1.165) is 0 Å². The normalized spacial score (nSPS) is 10.6. The number of ether oxygens (including phenoxy) is 2. The van der Waals surface area contributed by atoms with Gasteiger partial charge in [0.25, 0.3) is 11.8 Å². The summed E-state index contributed by atoms with van der Waals surface area (Å²) in [5.41, 5.74) is 0.142. The van der Waals surface area contributed by atoms with E-state index in [1.807, 2.05) is 0 Å². The zero-order valence-corrected chi connectivity index (χ0v) is 14.2. The van der Waals surface area contributed by atoms with Crippen LogP contribution in [0.5, 0.6) is 0 Å². The largest absolute Gasteiger partial charge is 0.459 e. The third-order valence-corrected chi connectivity index (χ3v) is 3.29. The average Bonchev–Trinajstić information content (AvgIpc) is 3.30. The molecule has 2 heterocycles. The summed E-state index contributed by atoms with van der Waals surface area (Å²) in [5, 5.41) is 2.64. The van der Waals surface area contributed by atoms with Crippen LogP contribution < -0.4 is 5.32 Å². The summed E-state index contributed by atoms with van der Waals surface area (Å²) in [6.07, 6.45) is 2.68. The maximum Gasteiger partial charge on any atom is 0.290 e. The van der Waals surface area contributed by atoms with E-state index in [1.165, 1.54) is 17.4 Å². The van der Waals surface area contributed by atoms with Crippen molar-refractivity contribution in [3.8, 4) is 0 Å². The number of carbonyl (C=O) groups excluding carboxylic acids is 2. The fourth-order valence-corrected chi connectivity index (χ4v) is 2.02. The number of oxazole rings is 1. The molecule has 0 fully saturated rings. The first kappa shape index (κ1) is 18.7. The maximum absolute atomic E-state index is 12.4. The van der Waals surface area contributed by atoms with Gasteiger partial charge in [0.2, 0.25) is 5.89 Å². The molecule has 2 aromatic rings. The minimum absolute atomic E-state index is 0.0915. The Morgan fingerprint density at radius 3 is 2.72 bits per heavy atom. The average molecular weight is 351 g/mol. The van der Waals surface area contributed by atoms with Crippen LogP contribution in [0.1, 0.15) is 26.9 Å². The zero-order valence-electron chi connectivity index (χ0n) is 14.2. The minimum Gasteiger partial charge on any atom is -0.459 e. The molecule has 0 unspecified atom stereocenters. The van der Waals surface area contributed by atoms with Crippen molar-refractivity contribution in [3.05, 3.63) is 42.0 Å². The molecule has 9 heteroatoms. The molecule has 0 saturated carbocycles. The quantitative estimate of drug-likeness (QED) is 0.635. The van der Waals surface area contributed by atoms with Crippen LogP contribution in [0.25, 0.3) is 0 Å². The van der Waals surface area contributed by atoms with Gasteiger partial charge in [-0.1, -0.05) is 0 Å². The van der Waals surface area contributed by atoms with Gasteiger partial charge in [-0.15, -0.1) is 0 Å². The summed E-state index contributed by atoms with van der Waals surface area (Å²) in [6, 6.07) is 3.21. The van der Waals surface area contributed by atoms with E-state index in [-0.39, 0.29) is 35.7 Å². The molecule has 0 aromatic carbocycles. The summed E-state index contributed by atoms with van der Waals surface area (Å²) in [7, 11) is 3.09. The molecule has 0 atom stereocenters. The van der Waals surface area contributed by atoms with Gasteiger partial charge in [-0.3, -0.25) is 9.59 Å². The van der Waals surface area contributed by atoms with E-state index >= 15 is 0 Å². The Morgan fingerprint density at radius 2 is 2.04 bits per heavy atom. The summed E-state index contributed by atoms with van der Waals surface area (Å²) >= 11 is 0. The first-order valence-corrected chi connectivity index (χ1v) is 7.69. The van der Waals surface area contributed by atoms with E-state index in [9.17, 15) is 9.59 Å². The second kappa shape index (κ2) is 9.60. The number of nitrogens with one attached hydrogen (secondary N) is 1. The summed E-state index contributed by atoms with van der Waals surface area (Å²) in [6.45, 7) is 1.53. The number of aromatic nitrogens is 1. The Balaban J connectivity index is 2.01. The minimum atomic E-state index is -0.368. The molecule has 0 spiro atoms. The van der Waals surface area contributed by atoms with Crippen LogP contribution in [0, 0.1) is 0 Å². The van der Waals surface area contributed by atoms with Gasteiger partial charge in [-0.05, 0) is 12.1 Å². The van der Waals surface area contributed by atoms with E-state index in [4.69, 9.17) is 18.3 Å². The third kappa shape index (κ3) is 5.44. The van der Waals surface area contributed by atoms with Gasteiger partial charge in [0.15, 0.2) is 11.5 Å². The SMILES string of the molecule is COCCNC(=O)c1coc(CN(CCOC)C(=O)c2ccco2)n1. The van der Waals surface area contributed by atoms with E-state index < -0.39 is 0 Å². The van der Waals surface area contributed by atoms with Gasteiger partial charge >= 0.3 is 0 Å². The molecule has 2 rings (SSSR count). The Labute approximate surface area is 144 Å². The van der Waals surface area contributed by atoms with Gasteiger partial charge in [0, 0.05) is 27.3 Å². The first-order valence-electron chi connectivity index (χ1n) is 7.69. The fraction of sp³-hybridized carbons (Fsp3) is 0.438. The summed E-state index contributed by atoms with van der Waals surface area (Å²) in [5.74, 6) is -0.229. The topological polar surface area (TPSA) is 107 Å². The molecule has 0 aliphatic heterocycles. The van der Waals surface area contributed by atoms with Crippen molar-refractivity contribution in [2.75, 3.05) is 40.5 Å². The Morgan fingerprint density at radius 1 is 1.24 bits per heavy atom. The molecule has 2 amide bonds. The molecular weight excluding hydrogens is 330 g/mol. The van der Waals surface area contributed by atoms with E-state index in [0.29, 0.717) is 26.3 Å². The second-order valence-electron chi connectivity index (χ2n) is 5.07. The highest BCUT2D eigenvalue weighted by molar-refractivity contribution is 5.92. The molecule has 0 radical (unpaired) electrons. The number of hydrogen-bond donors (Lipinski definition) is 1. The Bertz CT molecular complexity index is 667. The number of methoxy groups -OCH3 is 2. The van der Waals surface area contributed by atoms with Crippen LogP contribution in [0.15, 0.2) is 33.5 Å². The number of amides is 2. The van der Waals surface area contributed by atoms with E-state index in [2.05, 4.69) is 10.3 Å². The molecule has 25 heavy (non-hydrogen) atoms. The van der Waals surface area contributed by atoms with Gasteiger partial charge in [-0.25, -0.2) is 4.98 Å². The van der Waals surface area contributed by atoms with Gasteiger partial charge in [-0.2, -0.15) is 0 Å². The number of rotatable bonds is 10. The van der Waals surface area contributed by atoms with Crippen LogP contribution in [-0.2, 0) is 16.0 Å². The van der Waals surface area contributed by atoms with Crippen molar-refractivity contribution < 1.29 is 27.9 Å². The monoisotopic (exact) mass is 351 g/mol. The highest BCUT2D eigenvalue weighted by atomic mass is 16.5. The van der Waals surface area contributed by atoms with Gasteiger partial charge < -0.3 is 28.5 Å². The lowest BCUT2D eigenvalue weighted by atomic mass is 10.3. The van der Waals surface area contributed by atoms with Crippen LogP contribution >= 0.6 is 0 Å². The molecule has 136 valence electrons. The fourth-order valence-electron chi connectivity index (χ4n) is 2.02. The maximum atomic E-state index is 12.4. The van der Waals surface area contributed by atoms with Gasteiger partial charge in [0.05, 0.1) is 26.0 Å². The van der Waals surface area contributed by atoms with Crippen molar-refractivity contribution in [2.45, 2.75) is 6.54 Å². The Kier molecular flexibility index (Phi) is 7.17. The lowest BCUT2D eigenvalue weighted by molar-refractivity contribution is 0.0632. The lowest BCUT2D eigenvalue weighted by Gasteiger charge is -2.19. The van der Waals surface area contributed by atoms with Crippen molar-refractivity contribution >= 4 is 11.8 Å². The van der Waals surface area contributed by atoms with Crippen molar-refractivity contribution in [3.63, 3.8) is 0 Å². The van der Waals surface area contributed by atoms with Crippen LogP contribution in [0.4, 0.5) is 0 Å².